The average molecular weight is 431 g/mol. The van der Waals surface area contributed by atoms with Gasteiger partial charge < -0.3 is 15.4 Å². The second-order valence-corrected chi connectivity index (χ2v) is 7.87. The van der Waals surface area contributed by atoms with Crippen molar-refractivity contribution >= 4 is 17.5 Å². The van der Waals surface area contributed by atoms with Crippen LogP contribution in [0, 0.1) is 17.6 Å². The molecule has 2 aromatic carbocycles. The molecule has 0 spiro atoms. The summed E-state index contributed by atoms with van der Waals surface area (Å²) in [5.74, 6) is -3.67. The van der Waals surface area contributed by atoms with Crippen molar-refractivity contribution in [2.24, 2.45) is 5.92 Å². The molecule has 1 saturated heterocycles. The predicted octanol–water partition coefficient (Wildman–Crippen LogP) is 3.19. The number of hydrogen-bond donors (Lipinski definition) is 2. The molecule has 2 amide bonds. The molecule has 0 aliphatic carbocycles. The summed E-state index contributed by atoms with van der Waals surface area (Å²) in [5, 5.41) is 5.22. The smallest absolute Gasteiger partial charge is 0.257 e. The number of nitrogens with one attached hydrogen (secondary N) is 2. The Labute approximate surface area is 180 Å². The topological polar surface area (TPSA) is 70.7 Å². The van der Waals surface area contributed by atoms with Gasteiger partial charge in [0.2, 0.25) is 5.91 Å². The molecule has 6 nitrogen and oxygen atoms in total. The molecule has 0 radical (unpaired) electrons. The zero-order valence-electron chi connectivity index (χ0n) is 17.7. The molecule has 0 bridgehead atoms. The van der Waals surface area contributed by atoms with Crippen LogP contribution in [0.1, 0.15) is 29.8 Å². The van der Waals surface area contributed by atoms with Crippen molar-refractivity contribution in [2.45, 2.75) is 26.4 Å². The van der Waals surface area contributed by atoms with Crippen LogP contribution < -0.4 is 10.6 Å². The average Bonchev–Trinajstić information content (AvgIpc) is 2.74. The van der Waals surface area contributed by atoms with Crippen molar-refractivity contribution in [1.29, 1.82) is 0 Å². The van der Waals surface area contributed by atoms with E-state index in [-0.39, 0.29) is 5.92 Å². The largest absolute Gasteiger partial charge is 0.379 e. The highest BCUT2D eigenvalue weighted by Crippen LogP contribution is 2.16. The molecule has 31 heavy (non-hydrogen) atoms. The van der Waals surface area contributed by atoms with E-state index in [1.165, 1.54) is 6.07 Å². The van der Waals surface area contributed by atoms with Crippen LogP contribution in [0.4, 0.5) is 14.5 Å². The lowest BCUT2D eigenvalue weighted by Gasteiger charge is -2.26. The van der Waals surface area contributed by atoms with Crippen molar-refractivity contribution < 1.29 is 23.1 Å². The van der Waals surface area contributed by atoms with E-state index in [9.17, 15) is 18.4 Å². The van der Waals surface area contributed by atoms with Crippen LogP contribution in [0.2, 0.25) is 0 Å². The molecule has 1 aliphatic rings. The molecule has 1 aliphatic heterocycles. The number of amides is 2. The van der Waals surface area contributed by atoms with Gasteiger partial charge in [-0.15, -0.1) is 0 Å². The molecule has 8 heteroatoms. The van der Waals surface area contributed by atoms with Crippen LogP contribution in [0.25, 0.3) is 0 Å². The summed E-state index contributed by atoms with van der Waals surface area (Å²) >= 11 is 0. The number of hydrogen-bond acceptors (Lipinski definition) is 4. The van der Waals surface area contributed by atoms with Crippen LogP contribution in [-0.2, 0) is 16.1 Å². The summed E-state index contributed by atoms with van der Waals surface area (Å²) in [4.78, 5) is 27.5. The van der Waals surface area contributed by atoms with Gasteiger partial charge in [0, 0.05) is 25.3 Å². The molecular formula is C23H27F2N3O3. The minimum atomic E-state index is -0.976. The van der Waals surface area contributed by atoms with E-state index in [0.717, 1.165) is 50.5 Å². The number of benzene rings is 2. The Morgan fingerprint density at radius 2 is 1.65 bits per heavy atom. The SMILES string of the molecule is CC(C)C(NC(=O)c1c(F)cccc1F)C(=O)Nc1ccc(CN2CCOCC2)cc1. The van der Waals surface area contributed by atoms with Gasteiger partial charge in [0.15, 0.2) is 0 Å². The van der Waals surface area contributed by atoms with Gasteiger partial charge in [0.05, 0.1) is 13.2 Å². The number of nitrogens with zero attached hydrogens (tertiary/aromatic N) is 1. The van der Waals surface area contributed by atoms with Crippen LogP contribution in [0.3, 0.4) is 0 Å². The fourth-order valence-electron chi connectivity index (χ4n) is 3.39. The normalized spacial score (nSPS) is 15.5. The summed E-state index contributed by atoms with van der Waals surface area (Å²) in [5.41, 5.74) is 0.991. The lowest BCUT2D eigenvalue weighted by Crippen LogP contribution is -2.47. The number of halogens is 2. The Morgan fingerprint density at radius 1 is 1.03 bits per heavy atom. The number of morpholine rings is 1. The Kier molecular flexibility index (Phi) is 7.70. The maximum absolute atomic E-state index is 13.9. The first-order chi connectivity index (χ1) is 14.8. The Morgan fingerprint density at radius 3 is 2.23 bits per heavy atom. The van der Waals surface area contributed by atoms with Gasteiger partial charge in [0.25, 0.3) is 5.91 Å². The summed E-state index contributed by atoms with van der Waals surface area (Å²) < 4.78 is 33.1. The standard InChI is InChI=1S/C23H27F2N3O3/c1-15(2)21(27-22(29)20-18(24)4-3-5-19(20)25)23(30)26-17-8-6-16(7-9-17)14-28-10-12-31-13-11-28/h3-9,15,21H,10-14H2,1-2H3,(H,26,30)(H,27,29). The van der Waals surface area contributed by atoms with E-state index in [1.807, 2.05) is 12.1 Å². The zero-order chi connectivity index (χ0) is 22.4. The van der Waals surface area contributed by atoms with Gasteiger partial charge in [-0.25, -0.2) is 8.78 Å². The third-order valence-corrected chi connectivity index (χ3v) is 5.16. The molecule has 3 rings (SSSR count). The molecule has 1 fully saturated rings. The van der Waals surface area contributed by atoms with E-state index in [2.05, 4.69) is 15.5 Å². The minimum absolute atomic E-state index is 0.292. The third kappa shape index (κ3) is 6.08. The first-order valence-electron chi connectivity index (χ1n) is 10.3. The number of ether oxygens (including phenoxy) is 1. The third-order valence-electron chi connectivity index (χ3n) is 5.16. The zero-order valence-corrected chi connectivity index (χ0v) is 17.7. The van der Waals surface area contributed by atoms with Gasteiger partial charge in [-0.3, -0.25) is 14.5 Å². The summed E-state index contributed by atoms with van der Waals surface area (Å²) in [6.45, 7) is 7.52. The van der Waals surface area contributed by atoms with Gasteiger partial charge in [-0.2, -0.15) is 0 Å². The highest BCUT2D eigenvalue weighted by Gasteiger charge is 2.27. The van der Waals surface area contributed by atoms with E-state index < -0.39 is 35.1 Å². The van der Waals surface area contributed by atoms with Crippen LogP contribution in [0.5, 0.6) is 0 Å². The second kappa shape index (κ2) is 10.5. The molecule has 2 N–H and O–H groups in total. The van der Waals surface area contributed by atoms with Crippen LogP contribution >= 0.6 is 0 Å². The molecule has 166 valence electrons. The van der Waals surface area contributed by atoms with Crippen molar-refractivity contribution in [2.75, 3.05) is 31.6 Å². The van der Waals surface area contributed by atoms with Crippen LogP contribution in [0.15, 0.2) is 42.5 Å². The summed E-state index contributed by atoms with van der Waals surface area (Å²) in [7, 11) is 0. The molecule has 1 heterocycles. The van der Waals surface area contributed by atoms with Crippen molar-refractivity contribution in [1.82, 2.24) is 10.2 Å². The Bertz CT molecular complexity index is 893. The van der Waals surface area contributed by atoms with Crippen LogP contribution in [-0.4, -0.2) is 49.1 Å². The molecular weight excluding hydrogens is 404 g/mol. The fourth-order valence-corrected chi connectivity index (χ4v) is 3.39. The van der Waals surface area contributed by atoms with Crippen molar-refractivity contribution in [3.8, 4) is 0 Å². The van der Waals surface area contributed by atoms with Gasteiger partial charge in [-0.05, 0) is 35.7 Å². The van der Waals surface area contributed by atoms with Crippen molar-refractivity contribution in [3.63, 3.8) is 0 Å². The van der Waals surface area contributed by atoms with Gasteiger partial charge in [-0.1, -0.05) is 32.0 Å². The molecule has 0 saturated carbocycles. The minimum Gasteiger partial charge on any atom is -0.379 e. The number of rotatable bonds is 7. The monoisotopic (exact) mass is 431 g/mol. The highest BCUT2D eigenvalue weighted by molar-refractivity contribution is 6.01. The number of carbonyl (C=O) groups is 2. The molecule has 0 aromatic heterocycles. The summed E-state index contributed by atoms with van der Waals surface area (Å²) in [6, 6.07) is 9.68. The Balaban J connectivity index is 1.63. The van der Waals surface area contributed by atoms with E-state index in [4.69, 9.17) is 4.74 Å². The van der Waals surface area contributed by atoms with E-state index >= 15 is 0 Å². The van der Waals surface area contributed by atoms with Gasteiger partial charge in [0.1, 0.15) is 23.2 Å². The highest BCUT2D eigenvalue weighted by atomic mass is 19.1. The lowest BCUT2D eigenvalue weighted by molar-refractivity contribution is -0.118. The quantitative estimate of drug-likeness (QED) is 0.707. The van der Waals surface area contributed by atoms with Crippen molar-refractivity contribution in [3.05, 3.63) is 65.2 Å². The number of carbonyl (C=O) groups excluding carboxylic acids is 2. The maximum atomic E-state index is 13.9. The Hall–Kier alpha value is -2.84. The maximum Gasteiger partial charge on any atom is 0.257 e. The molecule has 1 unspecified atom stereocenters. The fraction of sp³-hybridized carbons (Fsp3) is 0.391. The number of anilines is 1. The predicted molar refractivity (Wildman–Crippen MR) is 114 cm³/mol. The summed E-state index contributed by atoms with van der Waals surface area (Å²) in [6.07, 6.45) is 0. The molecule has 1 atom stereocenters. The van der Waals surface area contributed by atoms with E-state index in [0.29, 0.717) is 5.69 Å². The lowest BCUT2D eigenvalue weighted by atomic mass is 10.0. The molecule has 2 aromatic rings. The second-order valence-electron chi connectivity index (χ2n) is 7.87. The van der Waals surface area contributed by atoms with E-state index in [1.54, 1.807) is 26.0 Å². The first-order valence-corrected chi connectivity index (χ1v) is 10.3. The van der Waals surface area contributed by atoms with Gasteiger partial charge >= 0.3 is 0 Å². The first kappa shape index (κ1) is 22.8.